The third-order valence-electron chi connectivity index (χ3n) is 0.802. The summed E-state index contributed by atoms with van der Waals surface area (Å²) in [6.07, 6.45) is 0. The lowest BCUT2D eigenvalue weighted by Gasteiger charge is -2.04. The van der Waals surface area contributed by atoms with Crippen LogP contribution >= 0.6 is 0 Å². The molecule has 0 aromatic carbocycles. The van der Waals surface area contributed by atoms with E-state index in [0.717, 1.165) is 0 Å². The summed E-state index contributed by atoms with van der Waals surface area (Å²) in [6, 6.07) is 0. The van der Waals surface area contributed by atoms with Crippen molar-refractivity contribution < 1.29 is 19.2 Å². The number of rotatable bonds is 2. The van der Waals surface area contributed by atoms with E-state index in [1.165, 1.54) is 0 Å². The van der Waals surface area contributed by atoms with Crippen molar-refractivity contribution in [2.24, 2.45) is 0 Å². The molecule has 4 nitrogen and oxygen atoms in total. The zero-order valence-electron chi connectivity index (χ0n) is 4.37. The molecule has 0 radical (unpaired) electrons. The van der Waals surface area contributed by atoms with Crippen LogP contribution in [-0.4, -0.2) is 32.4 Å². The van der Waals surface area contributed by atoms with Crippen LogP contribution < -0.4 is 0 Å². The highest BCUT2D eigenvalue weighted by atomic mass is 16.9. The summed E-state index contributed by atoms with van der Waals surface area (Å²) in [5, 5.41) is 8.14. The van der Waals surface area contributed by atoms with Crippen LogP contribution in [0.1, 0.15) is 0 Å². The fourth-order valence-corrected chi connectivity index (χ4v) is 0.494. The molecule has 0 unspecified atom stereocenters. The van der Waals surface area contributed by atoms with Crippen molar-refractivity contribution in [2.75, 3.05) is 13.2 Å². The minimum absolute atomic E-state index is 0.356. The van der Waals surface area contributed by atoms with Crippen molar-refractivity contribution >= 4 is 7.69 Å². The molecule has 1 aliphatic heterocycles. The van der Waals surface area contributed by atoms with Crippen LogP contribution in [0.15, 0.2) is 0 Å². The summed E-state index contributed by atoms with van der Waals surface area (Å²) in [4.78, 5) is 0. The summed E-state index contributed by atoms with van der Waals surface area (Å²) >= 11 is 0. The van der Waals surface area contributed by atoms with E-state index in [4.69, 9.17) is 14.5 Å². The molecule has 0 aliphatic carbocycles. The fourth-order valence-electron chi connectivity index (χ4n) is 0.494. The molecule has 1 rings (SSSR count). The van der Waals surface area contributed by atoms with Crippen molar-refractivity contribution in [1.82, 2.24) is 0 Å². The van der Waals surface area contributed by atoms with Crippen molar-refractivity contribution in [3.8, 4) is 0 Å². The quantitative estimate of drug-likeness (QED) is 0.452. The van der Waals surface area contributed by atoms with Gasteiger partial charge >= 0.3 is 7.69 Å². The fraction of sp³-hybridized carbons (Fsp3) is 1.00. The normalized spacial score (nSPS) is 21.6. The molecule has 1 fully saturated rings. The summed E-state index contributed by atoms with van der Waals surface area (Å²) in [6.45, 7) is 0.454. The van der Waals surface area contributed by atoms with Crippen LogP contribution in [0, 0.1) is 0 Å². The summed E-state index contributed by atoms with van der Waals surface area (Å²) in [7, 11) is -0.356. The second-order valence-corrected chi connectivity index (χ2v) is 1.33. The Morgan fingerprint density at radius 3 is 2.62 bits per heavy atom. The summed E-state index contributed by atoms with van der Waals surface area (Å²) in [5.74, 6) is 0. The minimum atomic E-state index is -0.639. The largest absolute Gasteiger partial charge is 0.438 e. The Morgan fingerprint density at radius 1 is 1.50 bits per heavy atom. The van der Waals surface area contributed by atoms with Gasteiger partial charge in [0.15, 0.2) is 0 Å². The molecule has 0 atom stereocenters. The van der Waals surface area contributed by atoms with E-state index in [9.17, 15) is 0 Å². The first-order valence-electron chi connectivity index (χ1n) is 2.39. The van der Waals surface area contributed by atoms with E-state index in [1.807, 2.05) is 0 Å². The number of hydrogen-bond acceptors (Lipinski definition) is 4. The van der Waals surface area contributed by atoms with Gasteiger partial charge in [0.05, 0.1) is 13.2 Å². The van der Waals surface area contributed by atoms with E-state index in [1.54, 1.807) is 0 Å². The molecule has 0 aromatic rings. The highest BCUT2D eigenvalue weighted by molar-refractivity contribution is 6.15. The molecule has 1 aliphatic rings. The summed E-state index contributed by atoms with van der Waals surface area (Å²) in [5.41, 5.74) is 0. The van der Waals surface area contributed by atoms with E-state index in [-0.39, 0.29) is 7.69 Å². The van der Waals surface area contributed by atoms with Gasteiger partial charge in [-0.1, -0.05) is 0 Å². The summed E-state index contributed by atoms with van der Waals surface area (Å²) < 4.78 is 14.1. The topological polar surface area (TPSA) is 47.9 Å². The molecule has 46 valence electrons. The van der Waals surface area contributed by atoms with Crippen LogP contribution in [0.3, 0.4) is 0 Å². The Morgan fingerprint density at radius 2 is 2.12 bits per heavy atom. The lowest BCUT2D eigenvalue weighted by molar-refractivity contribution is -0.181. The van der Waals surface area contributed by atoms with Gasteiger partial charge in [0.25, 0.3) is 6.48 Å². The van der Waals surface area contributed by atoms with Gasteiger partial charge in [0.1, 0.15) is 0 Å². The van der Waals surface area contributed by atoms with Crippen LogP contribution in [0.4, 0.5) is 0 Å². The Bertz CT molecular complexity index is 62.3. The van der Waals surface area contributed by atoms with Crippen molar-refractivity contribution in [3.05, 3.63) is 0 Å². The molecule has 1 saturated heterocycles. The molecule has 0 bridgehead atoms. The SMILES string of the molecule is OBOC1OCCO1. The molecule has 0 aromatic heterocycles. The molecule has 8 heavy (non-hydrogen) atoms. The molecule has 0 saturated carbocycles. The standard InChI is InChI=1S/C3H7BO4/c5-4-8-3-6-1-2-7-3/h3-5H,1-2H2. The first-order chi connectivity index (χ1) is 3.93. The average molecular weight is 118 g/mol. The maximum atomic E-state index is 8.14. The number of ether oxygens (including phenoxy) is 2. The van der Waals surface area contributed by atoms with Crippen LogP contribution in [0.25, 0.3) is 0 Å². The van der Waals surface area contributed by atoms with Gasteiger partial charge in [-0.3, -0.25) is 0 Å². The zero-order chi connectivity index (χ0) is 5.82. The van der Waals surface area contributed by atoms with Gasteiger partial charge in [-0.05, 0) is 0 Å². The first kappa shape index (κ1) is 6.03. The molecule has 0 spiro atoms. The third kappa shape index (κ3) is 1.45. The zero-order valence-corrected chi connectivity index (χ0v) is 4.37. The van der Waals surface area contributed by atoms with Gasteiger partial charge in [-0.25, -0.2) is 0 Å². The van der Waals surface area contributed by atoms with Gasteiger partial charge in [-0.15, -0.1) is 0 Å². The predicted molar refractivity (Wildman–Crippen MR) is 26.1 cm³/mol. The van der Waals surface area contributed by atoms with E-state index in [2.05, 4.69) is 4.65 Å². The smallest absolute Gasteiger partial charge is 0.430 e. The Labute approximate surface area is 47.7 Å². The molecular weight excluding hydrogens is 111 g/mol. The molecule has 1 heterocycles. The van der Waals surface area contributed by atoms with Crippen LogP contribution in [0.2, 0.25) is 0 Å². The van der Waals surface area contributed by atoms with Crippen molar-refractivity contribution in [3.63, 3.8) is 0 Å². The monoisotopic (exact) mass is 118 g/mol. The second-order valence-electron chi connectivity index (χ2n) is 1.33. The molecule has 5 heteroatoms. The van der Waals surface area contributed by atoms with Crippen LogP contribution in [-0.2, 0) is 14.1 Å². The van der Waals surface area contributed by atoms with Crippen LogP contribution in [0.5, 0.6) is 0 Å². The van der Waals surface area contributed by atoms with Gasteiger partial charge in [0, 0.05) is 0 Å². The highest BCUT2D eigenvalue weighted by Gasteiger charge is 2.14. The predicted octanol–water partition coefficient (Wildman–Crippen LogP) is -1.41. The Kier molecular flexibility index (Phi) is 2.29. The van der Waals surface area contributed by atoms with Crippen molar-refractivity contribution in [2.45, 2.75) is 6.48 Å². The average Bonchev–Trinajstić information content (AvgIpc) is 2.19. The Balaban J connectivity index is 2.06. The molecular formula is C3H7BO4. The van der Waals surface area contributed by atoms with Crippen molar-refractivity contribution in [1.29, 1.82) is 0 Å². The third-order valence-corrected chi connectivity index (χ3v) is 0.802. The Hall–Kier alpha value is -0.0951. The number of hydrogen-bond donors (Lipinski definition) is 1. The van der Waals surface area contributed by atoms with Gasteiger partial charge < -0.3 is 19.2 Å². The highest BCUT2D eigenvalue weighted by Crippen LogP contribution is 2.02. The van der Waals surface area contributed by atoms with Gasteiger partial charge in [0.2, 0.25) is 0 Å². The maximum Gasteiger partial charge on any atom is 0.438 e. The molecule has 1 N–H and O–H groups in total. The maximum absolute atomic E-state index is 8.14. The lowest BCUT2D eigenvalue weighted by atomic mass is 10.4. The second kappa shape index (κ2) is 3.04. The van der Waals surface area contributed by atoms with Gasteiger partial charge in [-0.2, -0.15) is 0 Å². The molecule has 0 amide bonds. The van der Waals surface area contributed by atoms with E-state index >= 15 is 0 Å². The first-order valence-corrected chi connectivity index (χ1v) is 2.39. The lowest BCUT2D eigenvalue weighted by Crippen LogP contribution is -2.15. The minimum Gasteiger partial charge on any atom is -0.430 e. The van der Waals surface area contributed by atoms with E-state index < -0.39 is 6.48 Å². The van der Waals surface area contributed by atoms with E-state index in [0.29, 0.717) is 13.2 Å².